The Balaban J connectivity index is 1.66. The molecule has 0 aliphatic carbocycles. The molecule has 0 saturated heterocycles. The van der Waals surface area contributed by atoms with Crippen molar-refractivity contribution in [3.63, 3.8) is 0 Å². The molecule has 164 valence electrons. The molecule has 0 radical (unpaired) electrons. The molecular weight excluding hydrogens is 398 g/mol. The lowest BCUT2D eigenvalue weighted by Crippen LogP contribution is -2.21. The van der Waals surface area contributed by atoms with E-state index in [1.807, 2.05) is 54.3 Å². The fraction of sp³-hybridized carbons (Fsp3) is 0.269. The average Bonchev–Trinajstić information content (AvgIpc) is 3.17. The number of benzene rings is 2. The van der Waals surface area contributed by atoms with Crippen LogP contribution in [-0.2, 0) is 13.6 Å². The number of aromatic nitrogens is 3. The van der Waals surface area contributed by atoms with E-state index in [0.717, 1.165) is 33.7 Å². The predicted octanol–water partition coefficient (Wildman–Crippen LogP) is 5.07. The first kappa shape index (κ1) is 21.6. The van der Waals surface area contributed by atoms with Crippen molar-refractivity contribution >= 4 is 22.8 Å². The second kappa shape index (κ2) is 8.83. The average molecular weight is 428 g/mol. The highest BCUT2D eigenvalue weighted by molar-refractivity contribution is 5.94. The second-order valence-corrected chi connectivity index (χ2v) is 8.57. The molecule has 6 heteroatoms. The normalized spacial score (nSPS) is 11.2. The van der Waals surface area contributed by atoms with Crippen LogP contribution in [0.4, 0.5) is 5.82 Å². The molecule has 4 rings (SSSR count). The number of hydrogen-bond acceptors (Lipinski definition) is 4. The summed E-state index contributed by atoms with van der Waals surface area (Å²) in [6.45, 7) is 5.00. The van der Waals surface area contributed by atoms with E-state index >= 15 is 0 Å². The van der Waals surface area contributed by atoms with Gasteiger partial charge in [-0.3, -0.25) is 4.79 Å². The number of carbonyl (C=O) groups excluding carboxylic acids is 1. The van der Waals surface area contributed by atoms with Crippen LogP contribution in [0, 0.1) is 0 Å². The number of pyridine rings is 1. The molecule has 0 unspecified atom stereocenters. The van der Waals surface area contributed by atoms with Crippen molar-refractivity contribution in [1.82, 2.24) is 19.4 Å². The molecule has 0 saturated carbocycles. The summed E-state index contributed by atoms with van der Waals surface area (Å²) >= 11 is 0. The molecule has 2 heterocycles. The van der Waals surface area contributed by atoms with E-state index in [1.165, 1.54) is 5.56 Å². The molecule has 32 heavy (non-hydrogen) atoms. The van der Waals surface area contributed by atoms with Gasteiger partial charge in [0, 0.05) is 44.9 Å². The molecule has 2 aromatic heterocycles. The zero-order valence-corrected chi connectivity index (χ0v) is 19.3. The number of hydrogen-bond donors (Lipinski definition) is 1. The van der Waals surface area contributed by atoms with Gasteiger partial charge < -0.3 is 14.8 Å². The Kier molecular flexibility index (Phi) is 5.95. The minimum Gasteiger partial charge on any atom is -0.366 e. The highest BCUT2D eigenvalue weighted by atomic mass is 16.2. The number of nitrogens with one attached hydrogen (secondary N) is 1. The molecule has 1 amide bonds. The topological polar surface area (TPSA) is 63.1 Å². The Labute approximate surface area is 188 Å². The van der Waals surface area contributed by atoms with Crippen LogP contribution < -0.4 is 5.32 Å². The van der Waals surface area contributed by atoms with Crippen molar-refractivity contribution in [3.05, 3.63) is 77.6 Å². The van der Waals surface area contributed by atoms with Crippen LogP contribution in [0.5, 0.6) is 0 Å². The van der Waals surface area contributed by atoms with Gasteiger partial charge in [-0.05, 0) is 29.2 Å². The Morgan fingerprint density at radius 1 is 1.09 bits per heavy atom. The van der Waals surface area contributed by atoms with Crippen LogP contribution in [0.1, 0.15) is 41.3 Å². The summed E-state index contributed by atoms with van der Waals surface area (Å²) in [7, 11) is 5.51. The molecule has 0 bridgehead atoms. The number of amides is 1. The lowest BCUT2D eigenvalue weighted by molar-refractivity contribution is 0.0827. The number of rotatable bonds is 6. The van der Waals surface area contributed by atoms with Gasteiger partial charge in [-0.2, -0.15) is 0 Å². The first-order valence-electron chi connectivity index (χ1n) is 10.8. The Bertz CT molecular complexity index is 1260. The van der Waals surface area contributed by atoms with Crippen LogP contribution in [0.15, 0.2) is 60.9 Å². The van der Waals surface area contributed by atoms with Crippen LogP contribution in [-0.4, -0.2) is 39.4 Å². The van der Waals surface area contributed by atoms with Gasteiger partial charge in [0.1, 0.15) is 17.0 Å². The molecular formula is C26H29N5O. The van der Waals surface area contributed by atoms with E-state index in [2.05, 4.69) is 42.3 Å². The number of imidazole rings is 1. The van der Waals surface area contributed by atoms with Gasteiger partial charge in [0.15, 0.2) is 0 Å². The van der Waals surface area contributed by atoms with Crippen molar-refractivity contribution in [2.75, 3.05) is 19.4 Å². The third-order valence-corrected chi connectivity index (χ3v) is 5.63. The summed E-state index contributed by atoms with van der Waals surface area (Å²) in [6, 6.07) is 18.1. The summed E-state index contributed by atoms with van der Waals surface area (Å²) in [6.07, 6.45) is 1.83. The fourth-order valence-corrected chi connectivity index (χ4v) is 3.84. The van der Waals surface area contributed by atoms with E-state index in [0.29, 0.717) is 18.0 Å². The summed E-state index contributed by atoms with van der Waals surface area (Å²) < 4.78 is 2.02. The van der Waals surface area contributed by atoms with Crippen molar-refractivity contribution in [2.45, 2.75) is 26.3 Å². The monoisotopic (exact) mass is 427 g/mol. The highest BCUT2D eigenvalue weighted by Gasteiger charge is 2.16. The Morgan fingerprint density at radius 3 is 2.50 bits per heavy atom. The molecule has 0 atom stereocenters. The van der Waals surface area contributed by atoms with Gasteiger partial charge in [-0.15, -0.1) is 0 Å². The predicted molar refractivity (Wildman–Crippen MR) is 130 cm³/mol. The minimum absolute atomic E-state index is 0.00120. The minimum atomic E-state index is 0.00120. The highest BCUT2D eigenvalue weighted by Crippen LogP contribution is 2.33. The van der Waals surface area contributed by atoms with Gasteiger partial charge in [0.25, 0.3) is 5.91 Å². The van der Waals surface area contributed by atoms with Crippen molar-refractivity contribution in [2.24, 2.45) is 7.05 Å². The van der Waals surface area contributed by atoms with Crippen molar-refractivity contribution < 1.29 is 4.79 Å². The Hall–Kier alpha value is -3.67. The Morgan fingerprint density at radius 2 is 1.81 bits per heavy atom. The maximum atomic E-state index is 12.1. The van der Waals surface area contributed by atoms with Crippen LogP contribution in [0.25, 0.3) is 22.3 Å². The van der Waals surface area contributed by atoms with Gasteiger partial charge in [0.2, 0.25) is 0 Å². The van der Waals surface area contributed by atoms with Crippen molar-refractivity contribution in [3.8, 4) is 11.3 Å². The summed E-state index contributed by atoms with van der Waals surface area (Å²) in [5.41, 5.74) is 6.95. The molecule has 0 aliphatic rings. The van der Waals surface area contributed by atoms with Gasteiger partial charge >= 0.3 is 0 Å². The summed E-state index contributed by atoms with van der Waals surface area (Å²) in [4.78, 5) is 23.3. The van der Waals surface area contributed by atoms with E-state index in [1.54, 1.807) is 19.0 Å². The van der Waals surface area contributed by atoms with Crippen molar-refractivity contribution in [1.29, 1.82) is 0 Å². The lowest BCUT2D eigenvalue weighted by Gasteiger charge is -2.15. The lowest BCUT2D eigenvalue weighted by atomic mass is 9.94. The number of nitrogens with zero attached hydrogens (tertiary/aromatic N) is 4. The van der Waals surface area contributed by atoms with Crippen LogP contribution in [0.3, 0.4) is 0 Å². The molecule has 6 nitrogen and oxygen atoms in total. The second-order valence-electron chi connectivity index (χ2n) is 8.57. The van der Waals surface area contributed by atoms with E-state index in [9.17, 15) is 4.79 Å². The largest absolute Gasteiger partial charge is 0.366 e. The standard InChI is InChI=1S/C26H29N5O/c1-17(2)20-8-6-7-9-21(20)24-25-22(31(5)16-28-25)14-23(29-24)27-15-18-10-12-19(13-11-18)26(32)30(3)4/h6-14,16-17H,15H2,1-5H3,(H,27,29). The quantitative estimate of drug-likeness (QED) is 0.466. The maximum absolute atomic E-state index is 12.1. The maximum Gasteiger partial charge on any atom is 0.253 e. The first-order chi connectivity index (χ1) is 15.3. The number of carbonyl (C=O) groups is 1. The summed E-state index contributed by atoms with van der Waals surface area (Å²) in [5.74, 6) is 1.18. The molecule has 1 N–H and O–H groups in total. The van der Waals surface area contributed by atoms with Gasteiger partial charge in [-0.1, -0.05) is 50.2 Å². The summed E-state index contributed by atoms with van der Waals surface area (Å²) in [5, 5.41) is 3.45. The third-order valence-electron chi connectivity index (χ3n) is 5.63. The van der Waals surface area contributed by atoms with E-state index in [-0.39, 0.29) is 5.91 Å². The third kappa shape index (κ3) is 4.21. The number of fused-ring (bicyclic) bond motifs is 1. The smallest absolute Gasteiger partial charge is 0.253 e. The van der Waals surface area contributed by atoms with Gasteiger partial charge in [-0.25, -0.2) is 9.97 Å². The molecule has 2 aromatic carbocycles. The zero-order chi connectivity index (χ0) is 22.8. The van der Waals surface area contributed by atoms with E-state index < -0.39 is 0 Å². The van der Waals surface area contributed by atoms with Gasteiger partial charge in [0.05, 0.1) is 11.8 Å². The SMILES string of the molecule is CC(C)c1ccccc1-c1nc(NCc2ccc(C(=O)N(C)C)cc2)cc2c1ncn2C. The molecule has 4 aromatic rings. The van der Waals surface area contributed by atoms with Crippen LogP contribution >= 0.6 is 0 Å². The molecule has 0 spiro atoms. The fourth-order valence-electron chi connectivity index (χ4n) is 3.84. The molecule has 0 fully saturated rings. The zero-order valence-electron chi connectivity index (χ0n) is 19.3. The molecule has 0 aliphatic heterocycles. The first-order valence-corrected chi connectivity index (χ1v) is 10.8. The number of aryl methyl sites for hydroxylation is 1. The number of anilines is 1. The van der Waals surface area contributed by atoms with E-state index in [4.69, 9.17) is 4.98 Å². The van der Waals surface area contributed by atoms with Crippen LogP contribution in [0.2, 0.25) is 0 Å².